The Balaban J connectivity index is 2.25. The van der Waals surface area contributed by atoms with Crippen molar-refractivity contribution in [2.24, 2.45) is 0 Å². The lowest BCUT2D eigenvalue weighted by Gasteiger charge is -2.08. The maximum Gasteiger partial charge on any atom is 0.141 e. The number of aliphatic hydroxyl groups is 1. The van der Waals surface area contributed by atoms with Crippen LogP contribution in [0.2, 0.25) is 0 Å². The van der Waals surface area contributed by atoms with Crippen LogP contribution in [0.1, 0.15) is 16.7 Å². The molecule has 3 rings (SSSR count). The van der Waals surface area contributed by atoms with E-state index in [2.05, 4.69) is 61.7 Å². The number of aromatic nitrogens is 2. The Morgan fingerprint density at radius 3 is 2.33 bits per heavy atom. The van der Waals surface area contributed by atoms with Crippen LogP contribution in [-0.4, -0.2) is 21.3 Å². The van der Waals surface area contributed by atoms with E-state index in [1.807, 2.05) is 0 Å². The summed E-state index contributed by atoms with van der Waals surface area (Å²) in [5, 5.41) is 9.39. The zero-order valence-electron chi connectivity index (χ0n) is 12.7. The molecule has 0 amide bonds. The number of hydrogen-bond donors (Lipinski definition) is 1. The van der Waals surface area contributed by atoms with Crippen LogP contribution >= 0.6 is 0 Å². The molecule has 0 radical (unpaired) electrons. The molecule has 1 aromatic heterocycles. The highest BCUT2D eigenvalue weighted by atomic mass is 16.3. The molecule has 108 valence electrons. The molecule has 3 nitrogen and oxygen atoms in total. The molecule has 0 spiro atoms. The van der Waals surface area contributed by atoms with Crippen molar-refractivity contribution < 1.29 is 5.11 Å². The van der Waals surface area contributed by atoms with Crippen LogP contribution in [0, 0.1) is 20.8 Å². The first-order chi connectivity index (χ1) is 10.1. The largest absolute Gasteiger partial charge is 0.395 e. The second kappa shape index (κ2) is 5.34. The standard InChI is InChI=1S/C18H20N2O/c1-12-4-6-15(7-5-12)18-19-16-10-13(2)14(3)11-17(16)20(18)8-9-21/h4-7,10-11,21H,8-9H2,1-3H3. The lowest BCUT2D eigenvalue weighted by molar-refractivity contribution is 0.278. The topological polar surface area (TPSA) is 38.0 Å². The normalized spacial score (nSPS) is 11.2. The van der Waals surface area contributed by atoms with Gasteiger partial charge in [-0.05, 0) is 44.0 Å². The molecule has 1 heterocycles. The van der Waals surface area contributed by atoms with E-state index < -0.39 is 0 Å². The maximum atomic E-state index is 9.39. The van der Waals surface area contributed by atoms with Gasteiger partial charge in [0.05, 0.1) is 17.6 Å². The van der Waals surface area contributed by atoms with Gasteiger partial charge in [0.15, 0.2) is 0 Å². The molecular weight excluding hydrogens is 260 g/mol. The molecule has 3 heteroatoms. The Morgan fingerprint density at radius 1 is 1.00 bits per heavy atom. The Labute approximate surface area is 124 Å². The summed E-state index contributed by atoms with van der Waals surface area (Å²) in [5.74, 6) is 0.920. The quantitative estimate of drug-likeness (QED) is 0.795. The summed E-state index contributed by atoms with van der Waals surface area (Å²) in [6.45, 7) is 6.95. The van der Waals surface area contributed by atoms with E-state index in [-0.39, 0.29) is 6.61 Å². The Morgan fingerprint density at radius 2 is 1.67 bits per heavy atom. The number of fused-ring (bicyclic) bond motifs is 1. The predicted octanol–water partition coefficient (Wildman–Crippen LogP) is 3.62. The zero-order chi connectivity index (χ0) is 15.0. The SMILES string of the molecule is Cc1ccc(-c2nc3cc(C)c(C)cc3n2CCO)cc1. The van der Waals surface area contributed by atoms with Crippen molar-refractivity contribution in [1.29, 1.82) is 0 Å². The molecule has 0 saturated heterocycles. The first kappa shape index (κ1) is 13.8. The smallest absolute Gasteiger partial charge is 0.141 e. The average molecular weight is 280 g/mol. The molecule has 3 aromatic rings. The third-order valence-corrected chi connectivity index (χ3v) is 4.00. The van der Waals surface area contributed by atoms with Gasteiger partial charge in [0.25, 0.3) is 0 Å². The Kier molecular flexibility index (Phi) is 3.52. The molecule has 0 aliphatic heterocycles. The van der Waals surface area contributed by atoms with E-state index >= 15 is 0 Å². The van der Waals surface area contributed by atoms with Crippen LogP contribution in [0.4, 0.5) is 0 Å². The number of hydrogen-bond acceptors (Lipinski definition) is 2. The van der Waals surface area contributed by atoms with Crippen LogP contribution < -0.4 is 0 Å². The summed E-state index contributed by atoms with van der Waals surface area (Å²) in [6.07, 6.45) is 0. The van der Waals surface area contributed by atoms with Crippen LogP contribution in [0.25, 0.3) is 22.4 Å². The van der Waals surface area contributed by atoms with Gasteiger partial charge in [-0.1, -0.05) is 29.8 Å². The van der Waals surface area contributed by atoms with Gasteiger partial charge >= 0.3 is 0 Å². The molecule has 2 aromatic carbocycles. The fourth-order valence-corrected chi connectivity index (χ4v) is 2.63. The molecular formula is C18H20N2O. The summed E-state index contributed by atoms with van der Waals surface area (Å²) >= 11 is 0. The molecule has 21 heavy (non-hydrogen) atoms. The number of aliphatic hydroxyl groups excluding tert-OH is 1. The van der Waals surface area contributed by atoms with E-state index in [0.29, 0.717) is 6.54 Å². The molecule has 0 saturated carbocycles. The van der Waals surface area contributed by atoms with Gasteiger partial charge in [-0.2, -0.15) is 0 Å². The van der Waals surface area contributed by atoms with Crippen molar-refractivity contribution in [3.63, 3.8) is 0 Å². The minimum atomic E-state index is 0.108. The Bertz CT molecular complexity index is 785. The van der Waals surface area contributed by atoms with Crippen molar-refractivity contribution in [3.8, 4) is 11.4 Å². The molecule has 0 aliphatic rings. The highest BCUT2D eigenvalue weighted by Crippen LogP contribution is 2.27. The summed E-state index contributed by atoms with van der Waals surface area (Å²) in [6, 6.07) is 12.6. The van der Waals surface area contributed by atoms with Gasteiger partial charge in [-0.15, -0.1) is 0 Å². The predicted molar refractivity (Wildman–Crippen MR) is 86.5 cm³/mol. The van der Waals surface area contributed by atoms with Crippen LogP contribution in [-0.2, 0) is 6.54 Å². The van der Waals surface area contributed by atoms with E-state index in [1.54, 1.807) is 0 Å². The van der Waals surface area contributed by atoms with E-state index in [4.69, 9.17) is 4.98 Å². The van der Waals surface area contributed by atoms with Crippen molar-refractivity contribution in [1.82, 2.24) is 9.55 Å². The number of nitrogens with zero attached hydrogens (tertiary/aromatic N) is 2. The van der Waals surface area contributed by atoms with Crippen LogP contribution in [0.3, 0.4) is 0 Å². The highest BCUT2D eigenvalue weighted by Gasteiger charge is 2.13. The van der Waals surface area contributed by atoms with Crippen LogP contribution in [0.5, 0.6) is 0 Å². The van der Waals surface area contributed by atoms with Crippen molar-refractivity contribution in [2.45, 2.75) is 27.3 Å². The number of benzene rings is 2. The number of aryl methyl sites for hydroxylation is 3. The minimum Gasteiger partial charge on any atom is -0.395 e. The van der Waals surface area contributed by atoms with Crippen molar-refractivity contribution in [2.75, 3.05) is 6.61 Å². The molecule has 0 fully saturated rings. The molecule has 1 N–H and O–H groups in total. The molecule has 0 bridgehead atoms. The third kappa shape index (κ3) is 2.45. The first-order valence-corrected chi connectivity index (χ1v) is 7.25. The van der Waals surface area contributed by atoms with Gasteiger partial charge in [-0.3, -0.25) is 0 Å². The summed E-state index contributed by atoms with van der Waals surface area (Å²) in [5.41, 5.74) is 6.88. The average Bonchev–Trinajstić information content (AvgIpc) is 2.79. The Hall–Kier alpha value is -2.13. The van der Waals surface area contributed by atoms with Gasteiger partial charge < -0.3 is 9.67 Å². The second-order valence-electron chi connectivity index (χ2n) is 5.60. The first-order valence-electron chi connectivity index (χ1n) is 7.25. The number of rotatable bonds is 3. The summed E-state index contributed by atoms with van der Waals surface area (Å²) in [4.78, 5) is 4.78. The molecule has 0 atom stereocenters. The third-order valence-electron chi connectivity index (χ3n) is 4.00. The lowest BCUT2D eigenvalue weighted by atomic mass is 10.1. The van der Waals surface area contributed by atoms with Gasteiger partial charge in [0.1, 0.15) is 5.82 Å². The van der Waals surface area contributed by atoms with Gasteiger partial charge in [0, 0.05) is 12.1 Å². The van der Waals surface area contributed by atoms with Crippen molar-refractivity contribution in [3.05, 3.63) is 53.1 Å². The van der Waals surface area contributed by atoms with E-state index in [0.717, 1.165) is 22.4 Å². The maximum absolute atomic E-state index is 9.39. The van der Waals surface area contributed by atoms with Gasteiger partial charge in [-0.25, -0.2) is 4.98 Å². The monoisotopic (exact) mass is 280 g/mol. The van der Waals surface area contributed by atoms with Gasteiger partial charge in [0.2, 0.25) is 0 Å². The van der Waals surface area contributed by atoms with Crippen LogP contribution in [0.15, 0.2) is 36.4 Å². The minimum absolute atomic E-state index is 0.108. The second-order valence-corrected chi connectivity index (χ2v) is 5.60. The zero-order valence-corrected chi connectivity index (χ0v) is 12.7. The summed E-state index contributed by atoms with van der Waals surface area (Å²) in [7, 11) is 0. The van der Waals surface area contributed by atoms with E-state index in [9.17, 15) is 5.11 Å². The fourth-order valence-electron chi connectivity index (χ4n) is 2.63. The molecule has 0 unspecified atom stereocenters. The highest BCUT2D eigenvalue weighted by molar-refractivity contribution is 5.82. The van der Waals surface area contributed by atoms with E-state index in [1.165, 1.54) is 16.7 Å². The summed E-state index contributed by atoms with van der Waals surface area (Å²) < 4.78 is 2.10. The fraction of sp³-hybridized carbons (Fsp3) is 0.278. The lowest BCUT2D eigenvalue weighted by Crippen LogP contribution is -2.04. The molecule has 0 aliphatic carbocycles. The van der Waals surface area contributed by atoms with Crippen molar-refractivity contribution >= 4 is 11.0 Å². The number of imidazole rings is 1.